The Morgan fingerprint density at radius 2 is 1.14 bits per heavy atom. The molecule has 8 nitrogen and oxygen atoms in total. The molecule has 2 aromatic rings. The van der Waals surface area contributed by atoms with Gasteiger partial charge in [0.15, 0.2) is 0 Å². The van der Waals surface area contributed by atoms with E-state index in [9.17, 15) is 9.59 Å². The molecular weight excluding hydrogens is 284 g/mol. The van der Waals surface area contributed by atoms with Crippen LogP contribution in [0.25, 0.3) is 0 Å². The zero-order valence-electron chi connectivity index (χ0n) is 11.4. The fourth-order valence-corrected chi connectivity index (χ4v) is 1.33. The number of amides is 2. The Labute approximate surface area is 126 Å². The number of aromatic nitrogens is 2. The van der Waals surface area contributed by atoms with Crippen LogP contribution in [0, 0.1) is 0 Å². The van der Waals surface area contributed by atoms with Gasteiger partial charge in [0.25, 0.3) is 0 Å². The minimum atomic E-state index is -0.919. The van der Waals surface area contributed by atoms with E-state index in [-0.39, 0.29) is 0 Å². The third-order valence-corrected chi connectivity index (χ3v) is 2.38. The topological polar surface area (TPSA) is 109 Å². The molecule has 0 saturated carbocycles. The van der Waals surface area contributed by atoms with Gasteiger partial charge in [-0.1, -0.05) is 0 Å². The molecule has 0 spiro atoms. The Balaban J connectivity index is 1.79. The fourth-order valence-electron chi connectivity index (χ4n) is 1.33. The molecule has 22 heavy (non-hydrogen) atoms. The maximum absolute atomic E-state index is 11.4. The molecule has 8 heteroatoms. The van der Waals surface area contributed by atoms with Crippen molar-refractivity contribution in [3.8, 4) is 0 Å². The van der Waals surface area contributed by atoms with Gasteiger partial charge < -0.3 is 0 Å². The number of hydrazone groups is 2. The van der Waals surface area contributed by atoms with Crippen LogP contribution in [0.2, 0.25) is 0 Å². The van der Waals surface area contributed by atoms with Crippen molar-refractivity contribution in [3.63, 3.8) is 0 Å². The van der Waals surface area contributed by atoms with Gasteiger partial charge in [-0.15, -0.1) is 0 Å². The standard InChI is InChI=1S/C14H12N6O2/c21-13(19-17-9-11-1-5-15-6-2-11)14(22)20-18-10-12-3-7-16-8-4-12/h1-10H,(H,19,21)(H,20,22). The molecule has 0 radical (unpaired) electrons. The van der Waals surface area contributed by atoms with Gasteiger partial charge in [-0.3, -0.25) is 19.6 Å². The smallest absolute Gasteiger partial charge is 0.265 e. The summed E-state index contributed by atoms with van der Waals surface area (Å²) in [7, 11) is 0. The van der Waals surface area contributed by atoms with Gasteiger partial charge in [-0.2, -0.15) is 10.2 Å². The molecule has 2 N–H and O–H groups in total. The molecule has 2 amide bonds. The first-order valence-electron chi connectivity index (χ1n) is 6.22. The number of nitrogens with one attached hydrogen (secondary N) is 2. The molecule has 0 aliphatic rings. The molecule has 2 aromatic heterocycles. The highest BCUT2D eigenvalue weighted by Crippen LogP contribution is 1.91. The number of pyridine rings is 2. The van der Waals surface area contributed by atoms with E-state index in [1.165, 1.54) is 12.4 Å². The van der Waals surface area contributed by atoms with E-state index < -0.39 is 11.8 Å². The fraction of sp³-hybridized carbons (Fsp3) is 0. The van der Waals surface area contributed by atoms with Crippen LogP contribution in [-0.4, -0.2) is 34.2 Å². The average molecular weight is 296 g/mol. The van der Waals surface area contributed by atoms with Crippen LogP contribution in [0.1, 0.15) is 11.1 Å². The van der Waals surface area contributed by atoms with Crippen LogP contribution in [0.5, 0.6) is 0 Å². The number of nitrogens with zero attached hydrogens (tertiary/aromatic N) is 4. The summed E-state index contributed by atoms with van der Waals surface area (Å²) in [6.45, 7) is 0. The molecule has 110 valence electrons. The van der Waals surface area contributed by atoms with E-state index in [1.807, 2.05) is 0 Å². The summed E-state index contributed by atoms with van der Waals surface area (Å²) in [5.74, 6) is -1.84. The largest absolute Gasteiger partial charge is 0.331 e. The maximum Gasteiger partial charge on any atom is 0.331 e. The summed E-state index contributed by atoms with van der Waals surface area (Å²) in [6, 6.07) is 6.81. The lowest BCUT2D eigenvalue weighted by atomic mass is 10.3. The van der Waals surface area contributed by atoms with Gasteiger partial charge in [0.2, 0.25) is 0 Å². The Morgan fingerprint density at radius 1 is 0.773 bits per heavy atom. The number of hydrogen-bond donors (Lipinski definition) is 2. The number of hydrogen-bond acceptors (Lipinski definition) is 6. The first kappa shape index (κ1) is 15.0. The molecule has 0 atom stereocenters. The van der Waals surface area contributed by atoms with E-state index >= 15 is 0 Å². The maximum atomic E-state index is 11.4. The third kappa shape index (κ3) is 4.93. The first-order valence-corrected chi connectivity index (χ1v) is 6.22. The molecule has 0 unspecified atom stereocenters. The van der Waals surface area contributed by atoms with Crippen LogP contribution in [0.3, 0.4) is 0 Å². The van der Waals surface area contributed by atoms with Crippen LogP contribution in [-0.2, 0) is 9.59 Å². The summed E-state index contributed by atoms with van der Waals surface area (Å²) < 4.78 is 0. The Bertz CT molecular complexity index is 623. The summed E-state index contributed by atoms with van der Waals surface area (Å²) >= 11 is 0. The van der Waals surface area contributed by atoms with E-state index in [4.69, 9.17) is 0 Å². The quantitative estimate of drug-likeness (QED) is 0.473. The van der Waals surface area contributed by atoms with Gasteiger partial charge in [0, 0.05) is 24.8 Å². The lowest BCUT2D eigenvalue weighted by molar-refractivity contribution is -0.139. The summed E-state index contributed by atoms with van der Waals surface area (Å²) in [5, 5.41) is 7.31. The zero-order valence-corrected chi connectivity index (χ0v) is 11.4. The van der Waals surface area contributed by atoms with Crippen LogP contribution in [0.4, 0.5) is 0 Å². The number of carbonyl (C=O) groups is 2. The molecule has 0 saturated heterocycles. The third-order valence-electron chi connectivity index (χ3n) is 2.38. The average Bonchev–Trinajstić information content (AvgIpc) is 2.56. The monoisotopic (exact) mass is 296 g/mol. The van der Waals surface area contributed by atoms with Crippen molar-refractivity contribution >= 4 is 24.2 Å². The first-order chi connectivity index (χ1) is 10.8. The van der Waals surface area contributed by atoms with Crippen LogP contribution in [0.15, 0.2) is 59.3 Å². The molecular formula is C14H12N6O2. The SMILES string of the molecule is O=C(NN=Cc1ccncc1)C(=O)NN=Cc1ccncc1. The second-order valence-electron chi connectivity index (χ2n) is 3.96. The van der Waals surface area contributed by atoms with Crippen LogP contribution < -0.4 is 10.9 Å². The highest BCUT2D eigenvalue weighted by atomic mass is 16.2. The molecule has 2 rings (SSSR count). The minimum absolute atomic E-state index is 0.742. The van der Waals surface area contributed by atoms with E-state index in [0.717, 1.165) is 11.1 Å². The van der Waals surface area contributed by atoms with Crippen molar-refractivity contribution < 1.29 is 9.59 Å². The second-order valence-corrected chi connectivity index (χ2v) is 3.96. The highest BCUT2D eigenvalue weighted by Gasteiger charge is 2.10. The summed E-state index contributed by atoms with van der Waals surface area (Å²) in [4.78, 5) is 30.6. The lowest BCUT2D eigenvalue weighted by Gasteiger charge is -1.98. The minimum Gasteiger partial charge on any atom is -0.265 e. The molecule has 0 fully saturated rings. The van der Waals surface area contributed by atoms with Gasteiger partial charge >= 0.3 is 11.8 Å². The van der Waals surface area contributed by atoms with Crippen molar-refractivity contribution in [2.45, 2.75) is 0 Å². The van der Waals surface area contributed by atoms with Crippen molar-refractivity contribution in [3.05, 3.63) is 60.2 Å². The molecule has 0 aliphatic heterocycles. The lowest BCUT2D eigenvalue weighted by Crippen LogP contribution is -2.35. The molecule has 0 aromatic carbocycles. The van der Waals surface area contributed by atoms with Crippen LogP contribution >= 0.6 is 0 Å². The molecule has 2 heterocycles. The van der Waals surface area contributed by atoms with Gasteiger partial charge in [0.05, 0.1) is 12.4 Å². The van der Waals surface area contributed by atoms with Gasteiger partial charge in [-0.05, 0) is 35.4 Å². The summed E-state index contributed by atoms with van der Waals surface area (Å²) in [6.07, 6.45) is 9.14. The molecule has 0 bridgehead atoms. The Morgan fingerprint density at radius 3 is 1.50 bits per heavy atom. The predicted molar refractivity (Wildman–Crippen MR) is 79.9 cm³/mol. The van der Waals surface area contributed by atoms with Crippen molar-refractivity contribution in [1.29, 1.82) is 0 Å². The van der Waals surface area contributed by atoms with Crippen molar-refractivity contribution in [2.24, 2.45) is 10.2 Å². The van der Waals surface area contributed by atoms with Crippen molar-refractivity contribution in [1.82, 2.24) is 20.8 Å². The zero-order chi connectivity index (χ0) is 15.6. The van der Waals surface area contributed by atoms with Gasteiger partial charge in [0.1, 0.15) is 0 Å². The van der Waals surface area contributed by atoms with Crippen molar-refractivity contribution in [2.75, 3.05) is 0 Å². The Kier molecular flexibility index (Phi) is 5.45. The highest BCUT2D eigenvalue weighted by molar-refractivity contribution is 6.35. The summed E-state index contributed by atoms with van der Waals surface area (Å²) in [5.41, 5.74) is 5.67. The van der Waals surface area contributed by atoms with E-state index in [0.29, 0.717) is 0 Å². The van der Waals surface area contributed by atoms with E-state index in [2.05, 4.69) is 31.0 Å². The molecule has 0 aliphatic carbocycles. The Hall–Kier alpha value is -3.42. The van der Waals surface area contributed by atoms with Gasteiger partial charge in [-0.25, -0.2) is 10.9 Å². The number of rotatable bonds is 4. The second kappa shape index (κ2) is 8.00. The van der Waals surface area contributed by atoms with E-state index in [1.54, 1.807) is 49.1 Å². The normalized spacial score (nSPS) is 10.7. The number of carbonyl (C=O) groups excluding carboxylic acids is 2. The predicted octanol–water partition coefficient (Wildman–Crippen LogP) is 0.0770.